The van der Waals surface area contributed by atoms with Crippen LogP contribution in [-0.2, 0) is 0 Å². The van der Waals surface area contributed by atoms with E-state index < -0.39 is 0 Å². The molecule has 4 nitrogen and oxygen atoms in total. The summed E-state index contributed by atoms with van der Waals surface area (Å²) in [6, 6.07) is 0.927. The molecule has 1 saturated heterocycles. The number of piperazine rings is 1. The van der Waals surface area contributed by atoms with Crippen molar-refractivity contribution in [3.8, 4) is 0 Å². The highest BCUT2D eigenvalue weighted by Gasteiger charge is 2.16. The number of hydrogen-bond acceptors (Lipinski definition) is 4. The predicted octanol–water partition coefficient (Wildman–Crippen LogP) is -0.783. The highest BCUT2D eigenvalue weighted by atomic mass is 15.2. The first-order chi connectivity index (χ1) is 6.70. The molecule has 0 spiro atoms. The van der Waals surface area contributed by atoms with Gasteiger partial charge in [0, 0.05) is 51.4 Å². The first-order valence-corrected chi connectivity index (χ1v) is 5.61. The van der Waals surface area contributed by atoms with E-state index in [4.69, 9.17) is 5.73 Å². The summed E-state index contributed by atoms with van der Waals surface area (Å²) in [6.45, 7) is 10.8. The summed E-state index contributed by atoms with van der Waals surface area (Å²) in [5, 5.41) is 6.76. The third-order valence-electron chi connectivity index (χ3n) is 2.68. The smallest absolute Gasteiger partial charge is 0.0193 e. The third-order valence-corrected chi connectivity index (χ3v) is 2.68. The molecule has 0 bridgehead atoms. The minimum Gasteiger partial charge on any atom is -0.327 e. The lowest BCUT2D eigenvalue weighted by Crippen LogP contribution is -2.51. The maximum Gasteiger partial charge on any atom is 0.0193 e. The molecule has 2 atom stereocenters. The Kier molecular flexibility index (Phi) is 5.40. The Labute approximate surface area is 87.2 Å². The average molecular weight is 200 g/mol. The van der Waals surface area contributed by atoms with Crippen LogP contribution >= 0.6 is 0 Å². The van der Waals surface area contributed by atoms with Gasteiger partial charge in [0.05, 0.1) is 0 Å². The molecule has 4 heteroatoms. The van der Waals surface area contributed by atoms with Crippen LogP contribution in [0.15, 0.2) is 0 Å². The molecule has 0 unspecified atom stereocenters. The van der Waals surface area contributed by atoms with Gasteiger partial charge < -0.3 is 16.4 Å². The van der Waals surface area contributed by atoms with Gasteiger partial charge in [-0.05, 0) is 13.8 Å². The van der Waals surface area contributed by atoms with Gasteiger partial charge in [0.2, 0.25) is 0 Å². The molecule has 1 heterocycles. The zero-order chi connectivity index (χ0) is 10.4. The van der Waals surface area contributed by atoms with E-state index in [1.807, 2.05) is 6.92 Å². The summed E-state index contributed by atoms with van der Waals surface area (Å²) in [5.41, 5.74) is 5.65. The fourth-order valence-corrected chi connectivity index (χ4v) is 1.77. The zero-order valence-corrected chi connectivity index (χ0v) is 9.42. The van der Waals surface area contributed by atoms with Crippen molar-refractivity contribution in [2.45, 2.75) is 25.9 Å². The summed E-state index contributed by atoms with van der Waals surface area (Å²) >= 11 is 0. The van der Waals surface area contributed by atoms with Gasteiger partial charge in [-0.2, -0.15) is 0 Å². The van der Waals surface area contributed by atoms with Crippen LogP contribution in [0.5, 0.6) is 0 Å². The molecule has 0 aromatic rings. The fraction of sp³-hybridized carbons (Fsp3) is 1.00. The number of nitrogens with zero attached hydrogens (tertiary/aromatic N) is 1. The van der Waals surface area contributed by atoms with Crippen LogP contribution in [0.4, 0.5) is 0 Å². The minimum absolute atomic E-state index is 0.260. The molecule has 84 valence electrons. The minimum atomic E-state index is 0.260. The highest BCUT2D eigenvalue weighted by Crippen LogP contribution is 2.00. The van der Waals surface area contributed by atoms with Crippen molar-refractivity contribution in [1.29, 1.82) is 0 Å². The van der Waals surface area contributed by atoms with E-state index in [1.165, 1.54) is 6.54 Å². The SMILES string of the molecule is C[C@H](N)CNCCN1CCNC[C@H]1C. The number of hydrogen-bond donors (Lipinski definition) is 3. The average Bonchev–Trinajstić information content (AvgIpc) is 2.15. The molecule has 0 saturated carbocycles. The Morgan fingerprint density at radius 2 is 2.43 bits per heavy atom. The van der Waals surface area contributed by atoms with E-state index >= 15 is 0 Å². The summed E-state index contributed by atoms with van der Waals surface area (Å²) in [6.07, 6.45) is 0. The summed E-state index contributed by atoms with van der Waals surface area (Å²) in [4.78, 5) is 2.52. The first-order valence-electron chi connectivity index (χ1n) is 5.61. The quantitative estimate of drug-likeness (QED) is 0.510. The van der Waals surface area contributed by atoms with Crippen LogP contribution in [0, 0.1) is 0 Å². The lowest BCUT2D eigenvalue weighted by Gasteiger charge is -2.33. The van der Waals surface area contributed by atoms with Crippen molar-refractivity contribution in [2.24, 2.45) is 5.73 Å². The van der Waals surface area contributed by atoms with Crippen molar-refractivity contribution >= 4 is 0 Å². The predicted molar refractivity (Wildman–Crippen MR) is 60.4 cm³/mol. The lowest BCUT2D eigenvalue weighted by atomic mass is 10.2. The number of rotatable bonds is 5. The monoisotopic (exact) mass is 200 g/mol. The van der Waals surface area contributed by atoms with Gasteiger partial charge in [-0.25, -0.2) is 0 Å². The highest BCUT2D eigenvalue weighted by molar-refractivity contribution is 4.76. The van der Waals surface area contributed by atoms with E-state index in [0.29, 0.717) is 6.04 Å². The molecule has 1 aliphatic heterocycles. The van der Waals surface area contributed by atoms with Gasteiger partial charge in [0.15, 0.2) is 0 Å². The zero-order valence-electron chi connectivity index (χ0n) is 9.42. The van der Waals surface area contributed by atoms with Gasteiger partial charge in [0.25, 0.3) is 0 Å². The molecule has 1 fully saturated rings. The van der Waals surface area contributed by atoms with Gasteiger partial charge in [-0.3, -0.25) is 4.90 Å². The molecule has 0 aromatic carbocycles. The van der Waals surface area contributed by atoms with Crippen molar-refractivity contribution in [1.82, 2.24) is 15.5 Å². The molecular weight excluding hydrogens is 176 g/mol. The van der Waals surface area contributed by atoms with Gasteiger partial charge >= 0.3 is 0 Å². The van der Waals surface area contributed by atoms with Gasteiger partial charge in [-0.1, -0.05) is 0 Å². The van der Waals surface area contributed by atoms with E-state index in [-0.39, 0.29) is 6.04 Å². The van der Waals surface area contributed by atoms with Crippen LogP contribution in [0.2, 0.25) is 0 Å². The van der Waals surface area contributed by atoms with Crippen molar-refractivity contribution in [3.05, 3.63) is 0 Å². The molecule has 0 aromatic heterocycles. The van der Waals surface area contributed by atoms with Gasteiger partial charge in [0.1, 0.15) is 0 Å². The molecular formula is C10H24N4. The first kappa shape index (κ1) is 11.9. The summed E-state index contributed by atoms with van der Waals surface area (Å²) in [5.74, 6) is 0. The molecule has 1 rings (SSSR count). The Balaban J connectivity index is 2.04. The van der Waals surface area contributed by atoms with Gasteiger partial charge in [-0.15, -0.1) is 0 Å². The van der Waals surface area contributed by atoms with E-state index in [2.05, 4.69) is 22.5 Å². The molecule has 0 amide bonds. The normalized spacial score (nSPS) is 26.4. The molecule has 4 N–H and O–H groups in total. The topological polar surface area (TPSA) is 53.3 Å². The number of nitrogens with two attached hydrogens (primary N) is 1. The molecule has 14 heavy (non-hydrogen) atoms. The molecule has 1 aliphatic rings. The van der Waals surface area contributed by atoms with Crippen LogP contribution < -0.4 is 16.4 Å². The fourth-order valence-electron chi connectivity index (χ4n) is 1.77. The van der Waals surface area contributed by atoms with E-state index in [0.717, 1.165) is 32.7 Å². The largest absolute Gasteiger partial charge is 0.327 e. The Morgan fingerprint density at radius 3 is 3.07 bits per heavy atom. The maximum atomic E-state index is 5.65. The standard InChI is InChI=1S/C10H24N4/c1-9(11)7-12-3-5-14-6-4-13-8-10(14)2/h9-10,12-13H,3-8,11H2,1-2H3/t9-,10+/m0/s1. The van der Waals surface area contributed by atoms with Crippen molar-refractivity contribution < 1.29 is 0 Å². The summed E-state index contributed by atoms with van der Waals surface area (Å²) < 4.78 is 0. The van der Waals surface area contributed by atoms with Crippen LogP contribution in [0.25, 0.3) is 0 Å². The third kappa shape index (κ3) is 4.37. The summed E-state index contributed by atoms with van der Waals surface area (Å²) in [7, 11) is 0. The Bertz CT molecular complexity index is 149. The van der Waals surface area contributed by atoms with Crippen LogP contribution in [-0.4, -0.2) is 56.3 Å². The van der Waals surface area contributed by atoms with E-state index in [1.54, 1.807) is 0 Å². The van der Waals surface area contributed by atoms with Crippen LogP contribution in [0.3, 0.4) is 0 Å². The number of nitrogens with one attached hydrogen (secondary N) is 2. The molecule has 0 aliphatic carbocycles. The Hall–Kier alpha value is -0.160. The van der Waals surface area contributed by atoms with Crippen molar-refractivity contribution in [2.75, 3.05) is 39.3 Å². The van der Waals surface area contributed by atoms with Crippen molar-refractivity contribution in [3.63, 3.8) is 0 Å². The second-order valence-electron chi connectivity index (χ2n) is 4.27. The van der Waals surface area contributed by atoms with E-state index in [9.17, 15) is 0 Å². The van der Waals surface area contributed by atoms with Crippen LogP contribution in [0.1, 0.15) is 13.8 Å². The second-order valence-corrected chi connectivity index (χ2v) is 4.27. The Morgan fingerprint density at radius 1 is 1.64 bits per heavy atom. The second kappa shape index (κ2) is 6.35. The lowest BCUT2D eigenvalue weighted by molar-refractivity contribution is 0.174. The maximum absolute atomic E-state index is 5.65. The molecule has 0 radical (unpaired) electrons.